The van der Waals surface area contributed by atoms with E-state index in [1.807, 2.05) is 6.92 Å². The molecule has 1 rings (SSSR count). The van der Waals surface area contributed by atoms with Crippen molar-refractivity contribution in [3.63, 3.8) is 0 Å². The highest BCUT2D eigenvalue weighted by molar-refractivity contribution is 5.63. The lowest BCUT2D eigenvalue weighted by Crippen LogP contribution is -2.34. The third-order valence-electron chi connectivity index (χ3n) is 2.83. The van der Waals surface area contributed by atoms with Gasteiger partial charge in [-0.1, -0.05) is 13.8 Å². The lowest BCUT2D eigenvalue weighted by atomic mass is 9.93. The standard InChI is InChI=1S/C14H27N5O/c1-7-15-12-11(20-6)13(18-10-17-12)16-8-14(2,3)9-19(4)5/h10H,7-9H2,1-6H3,(H2,15,16,17,18). The lowest BCUT2D eigenvalue weighted by Gasteiger charge is -2.29. The summed E-state index contributed by atoms with van der Waals surface area (Å²) in [7, 11) is 5.79. The number of anilines is 2. The van der Waals surface area contributed by atoms with Gasteiger partial charge in [0.2, 0.25) is 5.75 Å². The van der Waals surface area contributed by atoms with Crippen LogP contribution in [0.25, 0.3) is 0 Å². The lowest BCUT2D eigenvalue weighted by molar-refractivity contribution is 0.254. The fraction of sp³-hybridized carbons (Fsp3) is 0.714. The van der Waals surface area contributed by atoms with E-state index in [4.69, 9.17) is 4.74 Å². The van der Waals surface area contributed by atoms with Gasteiger partial charge in [0.05, 0.1) is 7.11 Å². The summed E-state index contributed by atoms with van der Waals surface area (Å²) in [6.45, 7) is 9.06. The molecule has 0 saturated heterocycles. The van der Waals surface area contributed by atoms with Crippen molar-refractivity contribution < 1.29 is 4.74 Å². The van der Waals surface area contributed by atoms with Gasteiger partial charge in [0, 0.05) is 19.6 Å². The molecule has 0 atom stereocenters. The number of ether oxygens (including phenoxy) is 1. The van der Waals surface area contributed by atoms with E-state index >= 15 is 0 Å². The van der Waals surface area contributed by atoms with Crippen LogP contribution in [0.15, 0.2) is 6.33 Å². The molecule has 6 nitrogen and oxygen atoms in total. The quantitative estimate of drug-likeness (QED) is 0.759. The van der Waals surface area contributed by atoms with Crippen LogP contribution in [0.2, 0.25) is 0 Å². The summed E-state index contributed by atoms with van der Waals surface area (Å²) in [4.78, 5) is 10.7. The summed E-state index contributed by atoms with van der Waals surface area (Å²) >= 11 is 0. The van der Waals surface area contributed by atoms with Crippen LogP contribution in [0.3, 0.4) is 0 Å². The molecule has 0 radical (unpaired) electrons. The number of nitrogens with one attached hydrogen (secondary N) is 2. The molecule has 0 aliphatic carbocycles. The summed E-state index contributed by atoms with van der Waals surface area (Å²) in [5, 5.41) is 6.54. The first-order valence-electron chi connectivity index (χ1n) is 6.91. The Balaban J connectivity index is 2.79. The largest absolute Gasteiger partial charge is 0.490 e. The molecule has 1 aromatic heterocycles. The first-order valence-corrected chi connectivity index (χ1v) is 6.91. The average molecular weight is 281 g/mol. The summed E-state index contributed by atoms with van der Waals surface area (Å²) in [6, 6.07) is 0. The highest BCUT2D eigenvalue weighted by atomic mass is 16.5. The molecule has 2 N–H and O–H groups in total. The van der Waals surface area contributed by atoms with Gasteiger partial charge < -0.3 is 20.3 Å². The third kappa shape index (κ3) is 4.85. The first-order chi connectivity index (χ1) is 9.39. The number of methoxy groups -OCH3 is 1. The zero-order valence-electron chi connectivity index (χ0n) is 13.4. The topological polar surface area (TPSA) is 62.3 Å². The monoisotopic (exact) mass is 281 g/mol. The van der Waals surface area contributed by atoms with Crippen molar-refractivity contribution in [2.45, 2.75) is 20.8 Å². The smallest absolute Gasteiger partial charge is 0.204 e. The molecular weight excluding hydrogens is 254 g/mol. The van der Waals surface area contributed by atoms with E-state index in [2.05, 4.69) is 53.4 Å². The zero-order valence-corrected chi connectivity index (χ0v) is 13.4. The summed E-state index contributed by atoms with van der Waals surface area (Å²) in [5.74, 6) is 2.11. The van der Waals surface area contributed by atoms with E-state index in [0.29, 0.717) is 5.75 Å². The van der Waals surface area contributed by atoms with Gasteiger partial charge in [-0.15, -0.1) is 0 Å². The van der Waals surface area contributed by atoms with Crippen LogP contribution in [-0.2, 0) is 0 Å². The molecule has 0 aliphatic heterocycles. The van der Waals surface area contributed by atoms with Gasteiger partial charge in [0.25, 0.3) is 0 Å². The molecule has 1 heterocycles. The van der Waals surface area contributed by atoms with Gasteiger partial charge in [0.1, 0.15) is 6.33 Å². The second-order valence-corrected chi connectivity index (χ2v) is 5.89. The third-order valence-corrected chi connectivity index (χ3v) is 2.83. The second kappa shape index (κ2) is 7.28. The number of aromatic nitrogens is 2. The predicted octanol–water partition coefficient (Wildman–Crippen LogP) is 1.92. The molecule has 0 aromatic carbocycles. The van der Waals surface area contributed by atoms with E-state index in [1.165, 1.54) is 0 Å². The van der Waals surface area contributed by atoms with Crippen molar-refractivity contribution in [3.05, 3.63) is 6.33 Å². The van der Waals surface area contributed by atoms with Gasteiger partial charge in [-0.05, 0) is 26.4 Å². The van der Waals surface area contributed by atoms with Crippen molar-refractivity contribution in [1.82, 2.24) is 14.9 Å². The number of nitrogens with zero attached hydrogens (tertiary/aromatic N) is 3. The molecule has 0 fully saturated rings. The molecule has 0 unspecified atom stereocenters. The fourth-order valence-corrected chi connectivity index (χ4v) is 2.22. The van der Waals surface area contributed by atoms with Crippen molar-refractivity contribution >= 4 is 11.6 Å². The normalized spacial score (nSPS) is 11.6. The maximum Gasteiger partial charge on any atom is 0.204 e. The molecule has 0 aliphatic rings. The van der Waals surface area contributed by atoms with Gasteiger partial charge in [-0.2, -0.15) is 0 Å². The fourth-order valence-electron chi connectivity index (χ4n) is 2.22. The van der Waals surface area contributed by atoms with E-state index in [-0.39, 0.29) is 5.41 Å². The van der Waals surface area contributed by atoms with E-state index < -0.39 is 0 Å². The molecule has 114 valence electrons. The Hall–Kier alpha value is -1.56. The van der Waals surface area contributed by atoms with Gasteiger partial charge in [-0.25, -0.2) is 9.97 Å². The molecule has 0 saturated carbocycles. The van der Waals surface area contributed by atoms with Crippen LogP contribution in [0.1, 0.15) is 20.8 Å². The van der Waals surface area contributed by atoms with Gasteiger partial charge >= 0.3 is 0 Å². The van der Waals surface area contributed by atoms with Crippen LogP contribution in [0, 0.1) is 5.41 Å². The summed E-state index contributed by atoms with van der Waals surface area (Å²) < 4.78 is 5.41. The van der Waals surface area contributed by atoms with Crippen molar-refractivity contribution in [3.8, 4) is 5.75 Å². The Morgan fingerprint density at radius 1 is 1.20 bits per heavy atom. The molecule has 20 heavy (non-hydrogen) atoms. The Morgan fingerprint density at radius 2 is 1.80 bits per heavy atom. The van der Waals surface area contributed by atoms with Crippen LogP contribution in [0.5, 0.6) is 5.75 Å². The van der Waals surface area contributed by atoms with Crippen LogP contribution >= 0.6 is 0 Å². The minimum Gasteiger partial charge on any atom is -0.490 e. The van der Waals surface area contributed by atoms with Gasteiger partial charge in [0.15, 0.2) is 11.6 Å². The minimum atomic E-state index is 0.137. The summed E-state index contributed by atoms with van der Waals surface area (Å²) in [6.07, 6.45) is 1.54. The predicted molar refractivity (Wildman–Crippen MR) is 83.6 cm³/mol. The summed E-state index contributed by atoms with van der Waals surface area (Å²) in [5.41, 5.74) is 0.137. The van der Waals surface area contributed by atoms with E-state index in [1.54, 1.807) is 13.4 Å². The Kier molecular flexibility index (Phi) is 6.01. The number of rotatable bonds is 8. The maximum absolute atomic E-state index is 5.41. The molecule has 0 amide bonds. The van der Waals surface area contributed by atoms with Crippen LogP contribution < -0.4 is 15.4 Å². The molecule has 0 bridgehead atoms. The number of hydrogen-bond acceptors (Lipinski definition) is 6. The Bertz CT molecular complexity index is 420. The minimum absolute atomic E-state index is 0.137. The Labute approximate surface area is 121 Å². The number of hydrogen-bond donors (Lipinski definition) is 2. The highest BCUT2D eigenvalue weighted by Gasteiger charge is 2.20. The molecular formula is C14H27N5O. The van der Waals surface area contributed by atoms with Crippen molar-refractivity contribution in [2.24, 2.45) is 5.41 Å². The van der Waals surface area contributed by atoms with Crippen molar-refractivity contribution in [2.75, 3.05) is 51.5 Å². The van der Waals surface area contributed by atoms with Gasteiger partial charge in [-0.3, -0.25) is 0 Å². The second-order valence-electron chi connectivity index (χ2n) is 5.89. The average Bonchev–Trinajstić information content (AvgIpc) is 2.35. The molecule has 1 aromatic rings. The maximum atomic E-state index is 5.41. The SMILES string of the molecule is CCNc1ncnc(NCC(C)(C)CN(C)C)c1OC. The van der Waals surface area contributed by atoms with Crippen LogP contribution in [-0.4, -0.2) is 55.7 Å². The van der Waals surface area contributed by atoms with E-state index in [0.717, 1.165) is 31.3 Å². The highest BCUT2D eigenvalue weighted by Crippen LogP contribution is 2.29. The molecule has 0 spiro atoms. The Morgan fingerprint density at radius 3 is 2.30 bits per heavy atom. The zero-order chi connectivity index (χ0) is 15.2. The van der Waals surface area contributed by atoms with Crippen LogP contribution in [0.4, 0.5) is 11.6 Å². The molecule has 6 heteroatoms. The van der Waals surface area contributed by atoms with E-state index in [9.17, 15) is 0 Å². The van der Waals surface area contributed by atoms with Crippen molar-refractivity contribution in [1.29, 1.82) is 0 Å². The first kappa shape index (κ1) is 16.5.